The van der Waals surface area contributed by atoms with Crippen molar-refractivity contribution < 1.29 is 9.53 Å². The van der Waals surface area contributed by atoms with E-state index in [2.05, 4.69) is 26.0 Å². The smallest absolute Gasteiger partial charge is 0.151 e. The Bertz CT molecular complexity index is 409. The maximum atomic E-state index is 13.0. The fourth-order valence-electron chi connectivity index (χ4n) is 4.58. The summed E-state index contributed by atoms with van der Waals surface area (Å²) < 4.78 is 6.33. The van der Waals surface area contributed by atoms with Gasteiger partial charge in [0.1, 0.15) is 0 Å². The zero-order valence-electron chi connectivity index (χ0n) is 11.2. The molecular weight excluding hydrogens is 212 g/mol. The van der Waals surface area contributed by atoms with Crippen LogP contribution in [-0.2, 0) is 9.53 Å². The third-order valence-corrected chi connectivity index (χ3v) is 5.68. The molecule has 2 aliphatic heterocycles. The molecule has 0 aromatic heterocycles. The Morgan fingerprint density at radius 1 is 1.47 bits per heavy atom. The second-order valence-corrected chi connectivity index (χ2v) is 6.60. The fraction of sp³-hybridized carbons (Fsp3) is 0.800. The minimum absolute atomic E-state index is 0.0139. The lowest BCUT2D eigenvalue weighted by Crippen LogP contribution is -2.62. The van der Waals surface area contributed by atoms with Crippen molar-refractivity contribution in [2.45, 2.75) is 58.7 Å². The van der Waals surface area contributed by atoms with Crippen LogP contribution in [0.2, 0.25) is 0 Å². The standard InChI is InChI=1S/C15H22O2/c1-5-15-10(2)6-8-14(15)9-7-11(17-14)13(3,4)12(15)16/h7,9-11H,5-6,8H2,1-4H3/t10-,11-,14+,15-/m1/s1. The monoisotopic (exact) mass is 234 g/mol. The average Bonchev–Trinajstić information content (AvgIpc) is 2.82. The molecule has 4 atom stereocenters. The molecule has 17 heavy (non-hydrogen) atoms. The van der Waals surface area contributed by atoms with Crippen molar-refractivity contribution in [2.24, 2.45) is 16.7 Å². The van der Waals surface area contributed by atoms with Gasteiger partial charge in [0.25, 0.3) is 0 Å². The van der Waals surface area contributed by atoms with E-state index in [-0.39, 0.29) is 22.5 Å². The molecule has 0 radical (unpaired) electrons. The van der Waals surface area contributed by atoms with Crippen molar-refractivity contribution in [1.29, 1.82) is 0 Å². The normalized spacial score (nSPS) is 50.7. The molecule has 0 amide bonds. The van der Waals surface area contributed by atoms with Crippen molar-refractivity contribution in [3.05, 3.63) is 12.2 Å². The number of hydrogen-bond donors (Lipinski definition) is 0. The topological polar surface area (TPSA) is 26.3 Å². The highest BCUT2D eigenvalue weighted by Gasteiger charge is 2.70. The molecule has 1 saturated heterocycles. The summed E-state index contributed by atoms with van der Waals surface area (Å²) in [5.41, 5.74) is -0.927. The van der Waals surface area contributed by atoms with Crippen molar-refractivity contribution in [3.8, 4) is 0 Å². The molecule has 3 aliphatic rings. The number of ether oxygens (including phenoxy) is 1. The van der Waals surface area contributed by atoms with Gasteiger partial charge >= 0.3 is 0 Å². The van der Waals surface area contributed by atoms with Crippen molar-refractivity contribution in [2.75, 3.05) is 0 Å². The Morgan fingerprint density at radius 2 is 2.18 bits per heavy atom. The molecule has 1 saturated carbocycles. The van der Waals surface area contributed by atoms with Crippen LogP contribution in [0, 0.1) is 16.7 Å². The van der Waals surface area contributed by atoms with Gasteiger partial charge in [-0.1, -0.05) is 39.8 Å². The minimum atomic E-state index is -0.370. The SMILES string of the molecule is CC[C@@]12C(=O)C(C)(C)[C@H]3C=C[C@]1(CC[C@H]2C)O3. The van der Waals surface area contributed by atoms with Gasteiger partial charge in [-0.15, -0.1) is 0 Å². The summed E-state index contributed by atoms with van der Waals surface area (Å²) in [6.07, 6.45) is 7.34. The van der Waals surface area contributed by atoms with Gasteiger partial charge in [0.2, 0.25) is 0 Å². The van der Waals surface area contributed by atoms with Crippen LogP contribution in [0.5, 0.6) is 0 Å². The first-order valence-electron chi connectivity index (χ1n) is 6.83. The molecule has 94 valence electrons. The van der Waals surface area contributed by atoms with E-state index in [9.17, 15) is 4.79 Å². The first kappa shape index (κ1) is 11.5. The Hall–Kier alpha value is -0.630. The molecule has 2 bridgehead atoms. The summed E-state index contributed by atoms with van der Waals surface area (Å²) in [7, 11) is 0. The van der Waals surface area contributed by atoms with Gasteiger partial charge in [-0.05, 0) is 25.2 Å². The zero-order valence-corrected chi connectivity index (χ0v) is 11.2. The number of hydrogen-bond acceptors (Lipinski definition) is 2. The highest BCUT2D eigenvalue weighted by atomic mass is 16.5. The molecule has 1 aliphatic carbocycles. The third-order valence-electron chi connectivity index (χ3n) is 5.68. The molecule has 2 heteroatoms. The van der Waals surface area contributed by atoms with Gasteiger partial charge in [0.05, 0.1) is 22.5 Å². The lowest BCUT2D eigenvalue weighted by atomic mass is 9.58. The molecule has 0 aromatic rings. The molecule has 3 rings (SSSR count). The lowest BCUT2D eigenvalue weighted by Gasteiger charge is -2.53. The van der Waals surface area contributed by atoms with Crippen LogP contribution in [0.1, 0.15) is 47.0 Å². The van der Waals surface area contributed by atoms with E-state index in [1.165, 1.54) is 0 Å². The number of carbonyl (C=O) groups excluding carboxylic acids is 1. The van der Waals surface area contributed by atoms with E-state index in [0.29, 0.717) is 11.7 Å². The zero-order chi connectivity index (χ0) is 12.5. The number of carbonyl (C=O) groups is 1. The Morgan fingerprint density at radius 3 is 2.82 bits per heavy atom. The van der Waals surface area contributed by atoms with Crippen LogP contribution < -0.4 is 0 Å². The van der Waals surface area contributed by atoms with Gasteiger partial charge in [-0.3, -0.25) is 4.79 Å². The lowest BCUT2D eigenvalue weighted by molar-refractivity contribution is -0.196. The van der Waals surface area contributed by atoms with Gasteiger partial charge in [-0.25, -0.2) is 0 Å². The summed E-state index contributed by atoms with van der Waals surface area (Å²) in [6, 6.07) is 0. The molecule has 2 heterocycles. The summed E-state index contributed by atoms with van der Waals surface area (Å²) in [6.45, 7) is 8.46. The molecule has 2 fully saturated rings. The predicted octanol–water partition coefficient (Wildman–Crippen LogP) is 3.12. The second-order valence-electron chi connectivity index (χ2n) is 6.60. The predicted molar refractivity (Wildman–Crippen MR) is 66.7 cm³/mol. The highest BCUT2D eigenvalue weighted by molar-refractivity contribution is 5.94. The molecular formula is C15H22O2. The van der Waals surface area contributed by atoms with E-state index >= 15 is 0 Å². The van der Waals surface area contributed by atoms with Crippen LogP contribution in [0.3, 0.4) is 0 Å². The molecule has 1 spiro atoms. The molecule has 0 unspecified atom stereocenters. The van der Waals surface area contributed by atoms with E-state index in [4.69, 9.17) is 4.74 Å². The molecule has 0 aromatic carbocycles. The van der Waals surface area contributed by atoms with E-state index in [1.807, 2.05) is 13.8 Å². The average molecular weight is 234 g/mol. The van der Waals surface area contributed by atoms with E-state index < -0.39 is 0 Å². The number of ketones is 1. The van der Waals surface area contributed by atoms with Crippen LogP contribution >= 0.6 is 0 Å². The van der Waals surface area contributed by atoms with Crippen LogP contribution in [0.15, 0.2) is 12.2 Å². The minimum Gasteiger partial charge on any atom is -0.362 e. The Balaban J connectivity index is 2.22. The largest absolute Gasteiger partial charge is 0.362 e. The summed E-state index contributed by atoms with van der Waals surface area (Å²) >= 11 is 0. The van der Waals surface area contributed by atoms with Gasteiger partial charge < -0.3 is 4.74 Å². The molecule has 0 N–H and O–H groups in total. The summed E-state index contributed by atoms with van der Waals surface area (Å²) in [4.78, 5) is 13.0. The van der Waals surface area contributed by atoms with Crippen LogP contribution in [0.4, 0.5) is 0 Å². The van der Waals surface area contributed by atoms with Crippen molar-refractivity contribution in [3.63, 3.8) is 0 Å². The highest BCUT2D eigenvalue weighted by Crippen LogP contribution is 2.64. The number of fused-ring (bicyclic) bond motifs is 1. The maximum absolute atomic E-state index is 13.0. The first-order chi connectivity index (χ1) is 7.91. The van der Waals surface area contributed by atoms with Crippen molar-refractivity contribution in [1.82, 2.24) is 0 Å². The third kappa shape index (κ3) is 1.00. The first-order valence-corrected chi connectivity index (χ1v) is 6.83. The maximum Gasteiger partial charge on any atom is 0.151 e. The molecule has 2 nitrogen and oxygen atoms in total. The van der Waals surface area contributed by atoms with Gasteiger partial charge in [-0.2, -0.15) is 0 Å². The Kier molecular flexibility index (Phi) is 2.04. The van der Waals surface area contributed by atoms with Gasteiger partial charge in [0, 0.05) is 0 Å². The number of rotatable bonds is 1. The van der Waals surface area contributed by atoms with E-state index in [1.54, 1.807) is 0 Å². The summed E-state index contributed by atoms with van der Waals surface area (Å²) in [5, 5.41) is 0. The van der Waals surface area contributed by atoms with Crippen LogP contribution in [-0.4, -0.2) is 17.5 Å². The number of Topliss-reactive ketones (excluding diaryl/α,β-unsaturated/α-hetero) is 1. The fourth-order valence-corrected chi connectivity index (χ4v) is 4.58. The van der Waals surface area contributed by atoms with Crippen LogP contribution in [0.25, 0.3) is 0 Å². The van der Waals surface area contributed by atoms with Crippen molar-refractivity contribution >= 4 is 5.78 Å². The van der Waals surface area contributed by atoms with E-state index in [0.717, 1.165) is 19.3 Å². The summed E-state index contributed by atoms with van der Waals surface area (Å²) in [5.74, 6) is 0.863. The second kappa shape index (κ2) is 3.03. The quantitative estimate of drug-likeness (QED) is 0.652. The Labute approximate surface area is 103 Å². The van der Waals surface area contributed by atoms with Gasteiger partial charge in [0.15, 0.2) is 5.78 Å².